The number of hydrogen-bond acceptors (Lipinski definition) is 5. The molecule has 0 unspecified atom stereocenters. The Morgan fingerprint density at radius 3 is 2.95 bits per heavy atom. The van der Waals surface area contributed by atoms with Crippen LogP contribution in [0.3, 0.4) is 0 Å². The van der Waals surface area contributed by atoms with E-state index in [0.717, 1.165) is 6.42 Å². The van der Waals surface area contributed by atoms with Crippen LogP contribution < -0.4 is 5.32 Å². The highest BCUT2D eigenvalue weighted by Gasteiger charge is 2.26. The van der Waals surface area contributed by atoms with Gasteiger partial charge in [0.15, 0.2) is 0 Å². The summed E-state index contributed by atoms with van der Waals surface area (Å²) in [5, 5.41) is 15.2. The second kappa shape index (κ2) is 7.06. The van der Waals surface area contributed by atoms with Gasteiger partial charge in [-0.15, -0.1) is 5.10 Å². The average Bonchev–Trinajstić information content (AvgIpc) is 2.88. The molecule has 1 saturated carbocycles. The number of tetrazole rings is 1. The van der Waals surface area contributed by atoms with Gasteiger partial charge >= 0.3 is 0 Å². The van der Waals surface area contributed by atoms with Gasteiger partial charge in [-0.1, -0.05) is 31.5 Å². The van der Waals surface area contributed by atoms with Crippen molar-refractivity contribution in [2.45, 2.75) is 69.4 Å². The van der Waals surface area contributed by atoms with Crippen LogP contribution in [0.15, 0.2) is 5.16 Å². The van der Waals surface area contributed by atoms with Gasteiger partial charge in [0.2, 0.25) is 11.1 Å². The highest BCUT2D eigenvalue weighted by Crippen LogP contribution is 2.25. The molecule has 0 saturated heterocycles. The maximum Gasteiger partial charge on any atom is 0.233 e. The zero-order valence-electron chi connectivity index (χ0n) is 12.4. The van der Waals surface area contributed by atoms with Gasteiger partial charge in [-0.3, -0.25) is 4.79 Å². The smallest absolute Gasteiger partial charge is 0.233 e. The van der Waals surface area contributed by atoms with Crippen LogP contribution in [-0.4, -0.2) is 37.4 Å². The van der Waals surface area contributed by atoms with Crippen LogP contribution in [-0.2, 0) is 11.3 Å². The molecule has 0 aromatic carbocycles. The van der Waals surface area contributed by atoms with Crippen molar-refractivity contribution in [1.29, 1.82) is 0 Å². The molecule has 1 aromatic rings. The van der Waals surface area contributed by atoms with Gasteiger partial charge in [-0.05, 0) is 43.0 Å². The number of nitrogens with zero attached hydrogens (tertiary/aromatic N) is 4. The predicted octanol–water partition coefficient (Wildman–Crippen LogP) is 1.87. The normalized spacial score (nSPS) is 24.4. The summed E-state index contributed by atoms with van der Waals surface area (Å²) in [6.45, 7) is 6.82. The van der Waals surface area contributed by atoms with Crippen molar-refractivity contribution in [1.82, 2.24) is 25.5 Å². The van der Waals surface area contributed by atoms with E-state index in [2.05, 4.69) is 27.8 Å². The molecule has 0 bridgehead atoms. The van der Waals surface area contributed by atoms with Gasteiger partial charge in [0, 0.05) is 12.6 Å². The molecule has 0 radical (unpaired) electrons. The summed E-state index contributed by atoms with van der Waals surface area (Å²) in [7, 11) is 0. The maximum atomic E-state index is 12.3. The van der Waals surface area contributed by atoms with Crippen LogP contribution >= 0.6 is 11.8 Å². The van der Waals surface area contributed by atoms with Crippen LogP contribution in [0.1, 0.15) is 46.5 Å². The second-order valence-electron chi connectivity index (χ2n) is 5.41. The second-order valence-corrected chi connectivity index (χ2v) is 6.72. The lowest BCUT2D eigenvalue weighted by Crippen LogP contribution is -2.44. The number of carbonyl (C=O) groups excluding carboxylic acids is 1. The molecule has 0 aliphatic heterocycles. The molecule has 1 aliphatic carbocycles. The minimum Gasteiger partial charge on any atom is -0.352 e. The Morgan fingerprint density at radius 2 is 2.25 bits per heavy atom. The molecule has 7 heteroatoms. The van der Waals surface area contributed by atoms with Gasteiger partial charge < -0.3 is 5.32 Å². The topological polar surface area (TPSA) is 72.7 Å². The van der Waals surface area contributed by atoms with Crippen molar-refractivity contribution in [3.8, 4) is 0 Å². The number of rotatable bonds is 5. The summed E-state index contributed by atoms with van der Waals surface area (Å²) in [5.74, 6) is 0.658. The summed E-state index contributed by atoms with van der Waals surface area (Å²) < 4.78 is 1.71. The van der Waals surface area contributed by atoms with Gasteiger partial charge in [0.05, 0.1) is 5.25 Å². The number of thioether (sulfide) groups is 1. The van der Waals surface area contributed by atoms with E-state index >= 15 is 0 Å². The molecular weight excluding hydrogens is 274 g/mol. The van der Waals surface area contributed by atoms with E-state index < -0.39 is 0 Å². The highest BCUT2D eigenvalue weighted by molar-refractivity contribution is 8.00. The third-order valence-corrected chi connectivity index (χ3v) is 4.96. The summed E-state index contributed by atoms with van der Waals surface area (Å²) in [4.78, 5) is 12.3. The summed E-state index contributed by atoms with van der Waals surface area (Å²) >= 11 is 1.41. The third-order valence-electron chi connectivity index (χ3n) is 3.89. The maximum absolute atomic E-state index is 12.3. The van der Waals surface area contributed by atoms with Gasteiger partial charge in [-0.25, -0.2) is 4.68 Å². The Labute approximate surface area is 124 Å². The van der Waals surface area contributed by atoms with Crippen molar-refractivity contribution >= 4 is 17.7 Å². The quantitative estimate of drug-likeness (QED) is 0.840. The van der Waals surface area contributed by atoms with Crippen LogP contribution in [0.2, 0.25) is 0 Å². The van der Waals surface area contributed by atoms with E-state index in [1.165, 1.54) is 31.0 Å². The molecule has 0 spiro atoms. The number of carbonyl (C=O) groups is 1. The standard InChI is InChI=1S/C13H23N5OS/c1-4-18-13(15-16-17-18)20-10(3)12(19)14-11-8-6-5-7-9(11)2/h9-11H,4-8H2,1-3H3,(H,14,19)/t9-,10+,11+/m0/s1. The monoisotopic (exact) mass is 297 g/mol. The number of hydrogen-bond donors (Lipinski definition) is 1. The van der Waals surface area contributed by atoms with Crippen molar-refractivity contribution < 1.29 is 4.79 Å². The Kier molecular flexibility index (Phi) is 5.39. The summed E-state index contributed by atoms with van der Waals surface area (Å²) in [6.07, 6.45) is 4.80. The lowest BCUT2D eigenvalue weighted by Gasteiger charge is -2.30. The van der Waals surface area contributed by atoms with Crippen LogP contribution in [0.5, 0.6) is 0 Å². The number of aromatic nitrogens is 4. The molecule has 1 heterocycles. The van der Waals surface area contributed by atoms with E-state index in [0.29, 0.717) is 23.7 Å². The molecule has 1 N–H and O–H groups in total. The molecule has 1 aromatic heterocycles. The van der Waals surface area contributed by atoms with E-state index in [9.17, 15) is 4.79 Å². The van der Waals surface area contributed by atoms with Gasteiger partial charge in [0.25, 0.3) is 0 Å². The SMILES string of the molecule is CCn1nnnc1S[C@H](C)C(=O)N[C@@H]1CCCC[C@@H]1C. The summed E-state index contributed by atoms with van der Waals surface area (Å²) in [6, 6.07) is 0.321. The first-order valence-electron chi connectivity index (χ1n) is 7.35. The fourth-order valence-electron chi connectivity index (χ4n) is 2.52. The molecule has 1 amide bonds. The molecular formula is C13H23N5OS. The van der Waals surface area contributed by atoms with Gasteiger partial charge in [0.1, 0.15) is 0 Å². The first-order valence-corrected chi connectivity index (χ1v) is 8.23. The molecule has 112 valence electrons. The molecule has 3 atom stereocenters. The zero-order chi connectivity index (χ0) is 14.5. The molecule has 1 fully saturated rings. The van der Waals surface area contributed by atoms with Crippen molar-refractivity contribution in [3.63, 3.8) is 0 Å². The Bertz CT molecular complexity index is 450. The van der Waals surface area contributed by atoms with Crippen LogP contribution in [0, 0.1) is 5.92 Å². The number of nitrogens with one attached hydrogen (secondary N) is 1. The van der Waals surface area contributed by atoms with Gasteiger partial charge in [-0.2, -0.15) is 0 Å². The Morgan fingerprint density at radius 1 is 1.50 bits per heavy atom. The van der Waals surface area contributed by atoms with E-state index in [4.69, 9.17) is 0 Å². The Balaban J connectivity index is 1.88. The van der Waals surface area contributed by atoms with Crippen LogP contribution in [0.25, 0.3) is 0 Å². The molecule has 6 nitrogen and oxygen atoms in total. The third kappa shape index (κ3) is 3.71. The zero-order valence-corrected chi connectivity index (χ0v) is 13.2. The van der Waals surface area contributed by atoms with Crippen molar-refractivity contribution in [3.05, 3.63) is 0 Å². The number of aryl methyl sites for hydroxylation is 1. The fourth-order valence-corrected chi connectivity index (χ4v) is 3.38. The molecule has 20 heavy (non-hydrogen) atoms. The predicted molar refractivity (Wildman–Crippen MR) is 78.4 cm³/mol. The van der Waals surface area contributed by atoms with E-state index in [1.807, 2.05) is 13.8 Å². The van der Waals surface area contributed by atoms with Crippen LogP contribution in [0.4, 0.5) is 0 Å². The van der Waals surface area contributed by atoms with Crippen molar-refractivity contribution in [2.24, 2.45) is 5.92 Å². The average molecular weight is 297 g/mol. The lowest BCUT2D eigenvalue weighted by molar-refractivity contribution is -0.121. The molecule has 1 aliphatic rings. The first kappa shape index (κ1) is 15.3. The van der Waals surface area contributed by atoms with Crippen molar-refractivity contribution in [2.75, 3.05) is 0 Å². The molecule has 2 rings (SSSR count). The van der Waals surface area contributed by atoms with E-state index in [1.54, 1.807) is 4.68 Å². The minimum atomic E-state index is -0.180. The number of amides is 1. The van der Waals surface area contributed by atoms with E-state index in [-0.39, 0.29) is 11.2 Å². The lowest BCUT2D eigenvalue weighted by atomic mass is 9.86. The largest absolute Gasteiger partial charge is 0.352 e. The first-order chi connectivity index (χ1) is 9.61. The summed E-state index contributed by atoms with van der Waals surface area (Å²) in [5.41, 5.74) is 0. The fraction of sp³-hybridized carbons (Fsp3) is 0.846. The highest BCUT2D eigenvalue weighted by atomic mass is 32.2. The minimum absolute atomic E-state index is 0.0828. The Hall–Kier alpha value is -1.11.